The largest absolute Gasteiger partial charge is 0.374 e. The summed E-state index contributed by atoms with van der Waals surface area (Å²) in [6, 6.07) is 6.04. The predicted molar refractivity (Wildman–Crippen MR) is 80.7 cm³/mol. The number of halogens is 1. The van der Waals surface area contributed by atoms with Gasteiger partial charge in [-0.25, -0.2) is 0 Å². The lowest BCUT2D eigenvalue weighted by atomic mass is 10.1. The van der Waals surface area contributed by atoms with Gasteiger partial charge in [0.05, 0.1) is 0 Å². The zero-order valence-electron chi connectivity index (χ0n) is 11.6. The molecule has 0 heterocycles. The van der Waals surface area contributed by atoms with Crippen molar-refractivity contribution in [3.8, 4) is 0 Å². The molecule has 1 rings (SSSR count). The Morgan fingerprint density at radius 3 is 2.50 bits per heavy atom. The van der Waals surface area contributed by atoms with Gasteiger partial charge in [-0.2, -0.15) is 0 Å². The van der Waals surface area contributed by atoms with E-state index in [-0.39, 0.29) is 0 Å². The van der Waals surface area contributed by atoms with Crippen molar-refractivity contribution in [2.75, 3.05) is 45.7 Å². The first-order valence-corrected chi connectivity index (χ1v) is 6.76. The molecule has 2 N–H and O–H groups in total. The summed E-state index contributed by atoms with van der Waals surface area (Å²) in [6.45, 7) is 2.79. The minimum absolute atomic E-state index is 0.667. The Balaban J connectivity index is 2.70. The topological polar surface area (TPSA) is 32.5 Å². The third-order valence-electron chi connectivity index (χ3n) is 2.97. The van der Waals surface area contributed by atoms with Gasteiger partial charge in [-0.1, -0.05) is 17.7 Å². The highest BCUT2D eigenvalue weighted by atomic mass is 35.5. The summed E-state index contributed by atoms with van der Waals surface area (Å²) in [4.78, 5) is 4.47. The fraction of sp³-hybridized carbons (Fsp3) is 0.571. The van der Waals surface area contributed by atoms with Crippen molar-refractivity contribution >= 4 is 17.3 Å². The van der Waals surface area contributed by atoms with E-state index in [1.165, 1.54) is 11.3 Å². The second-order valence-electron chi connectivity index (χ2n) is 4.89. The zero-order valence-corrected chi connectivity index (χ0v) is 12.4. The van der Waals surface area contributed by atoms with Gasteiger partial charge < -0.3 is 15.5 Å². The van der Waals surface area contributed by atoms with Gasteiger partial charge in [-0.15, -0.1) is 0 Å². The number of anilines is 1. The average molecular weight is 270 g/mol. The van der Waals surface area contributed by atoms with Crippen LogP contribution in [0, 0.1) is 0 Å². The summed E-state index contributed by atoms with van der Waals surface area (Å²) >= 11 is 6.08. The van der Waals surface area contributed by atoms with Crippen molar-refractivity contribution in [2.24, 2.45) is 5.73 Å². The lowest BCUT2D eigenvalue weighted by molar-refractivity contribution is 0.401. The SMILES string of the molecule is CN(C)CCCN(C)c1cc(Cl)ccc1CCN. The van der Waals surface area contributed by atoms with Gasteiger partial charge in [-0.05, 0) is 57.7 Å². The van der Waals surface area contributed by atoms with E-state index < -0.39 is 0 Å². The maximum Gasteiger partial charge on any atom is 0.0426 e. The molecule has 0 aromatic heterocycles. The monoisotopic (exact) mass is 269 g/mol. The second kappa shape index (κ2) is 7.62. The van der Waals surface area contributed by atoms with E-state index >= 15 is 0 Å². The molecule has 0 aliphatic heterocycles. The Morgan fingerprint density at radius 1 is 1.17 bits per heavy atom. The Labute approximate surface area is 116 Å². The molecule has 1 aromatic rings. The quantitative estimate of drug-likeness (QED) is 0.824. The van der Waals surface area contributed by atoms with Gasteiger partial charge in [0.25, 0.3) is 0 Å². The highest BCUT2D eigenvalue weighted by Crippen LogP contribution is 2.24. The van der Waals surface area contributed by atoms with E-state index in [0.717, 1.165) is 31.0 Å². The lowest BCUT2D eigenvalue weighted by Gasteiger charge is -2.23. The fourth-order valence-corrected chi connectivity index (χ4v) is 2.17. The maximum atomic E-state index is 6.08. The molecule has 18 heavy (non-hydrogen) atoms. The van der Waals surface area contributed by atoms with Gasteiger partial charge in [0.1, 0.15) is 0 Å². The summed E-state index contributed by atoms with van der Waals surface area (Å²) in [5, 5.41) is 0.783. The molecule has 0 saturated carbocycles. The second-order valence-corrected chi connectivity index (χ2v) is 5.33. The van der Waals surface area contributed by atoms with Crippen molar-refractivity contribution in [3.05, 3.63) is 28.8 Å². The number of benzene rings is 1. The smallest absolute Gasteiger partial charge is 0.0426 e. The molecule has 0 fully saturated rings. The molecule has 0 radical (unpaired) electrons. The molecule has 102 valence electrons. The van der Waals surface area contributed by atoms with Crippen LogP contribution < -0.4 is 10.6 Å². The molecule has 0 bridgehead atoms. The Bertz CT molecular complexity index is 366. The summed E-state index contributed by atoms with van der Waals surface area (Å²) < 4.78 is 0. The Hall–Kier alpha value is -0.770. The first-order valence-electron chi connectivity index (χ1n) is 6.39. The lowest BCUT2D eigenvalue weighted by Crippen LogP contribution is -2.24. The molecule has 0 amide bonds. The molecule has 0 spiro atoms. The molecule has 1 aromatic carbocycles. The highest BCUT2D eigenvalue weighted by Gasteiger charge is 2.08. The number of hydrogen-bond acceptors (Lipinski definition) is 3. The van der Waals surface area contributed by atoms with Crippen LogP contribution in [0.15, 0.2) is 18.2 Å². The number of rotatable bonds is 7. The summed E-state index contributed by atoms with van der Waals surface area (Å²) in [5.41, 5.74) is 8.12. The van der Waals surface area contributed by atoms with Crippen LogP contribution in [0.25, 0.3) is 0 Å². The van der Waals surface area contributed by atoms with E-state index in [0.29, 0.717) is 6.54 Å². The van der Waals surface area contributed by atoms with Gasteiger partial charge in [0, 0.05) is 24.3 Å². The molecular weight excluding hydrogens is 246 g/mol. The van der Waals surface area contributed by atoms with Crippen LogP contribution in [-0.2, 0) is 6.42 Å². The molecule has 0 aliphatic carbocycles. The van der Waals surface area contributed by atoms with Crippen LogP contribution in [-0.4, -0.2) is 45.7 Å². The van der Waals surface area contributed by atoms with E-state index in [4.69, 9.17) is 17.3 Å². The maximum absolute atomic E-state index is 6.08. The van der Waals surface area contributed by atoms with E-state index in [2.05, 4.69) is 37.0 Å². The molecule has 3 nitrogen and oxygen atoms in total. The van der Waals surface area contributed by atoms with Gasteiger partial charge >= 0.3 is 0 Å². The summed E-state index contributed by atoms with van der Waals surface area (Å²) in [7, 11) is 6.31. The highest BCUT2D eigenvalue weighted by molar-refractivity contribution is 6.30. The molecule has 0 unspecified atom stereocenters. The van der Waals surface area contributed by atoms with Crippen molar-refractivity contribution in [1.29, 1.82) is 0 Å². The van der Waals surface area contributed by atoms with Crippen molar-refractivity contribution in [1.82, 2.24) is 4.90 Å². The van der Waals surface area contributed by atoms with E-state index in [1.54, 1.807) is 0 Å². The first kappa shape index (κ1) is 15.3. The number of nitrogens with zero attached hydrogens (tertiary/aromatic N) is 2. The van der Waals surface area contributed by atoms with Gasteiger partial charge in [-0.3, -0.25) is 0 Å². The first-order chi connectivity index (χ1) is 8.54. The Kier molecular flexibility index (Phi) is 6.47. The standard InChI is InChI=1S/C14H24ClN3/c1-17(2)9-4-10-18(3)14-11-13(15)6-5-12(14)7-8-16/h5-6,11H,4,7-10,16H2,1-3H3. The zero-order chi connectivity index (χ0) is 13.5. The van der Waals surface area contributed by atoms with Crippen LogP contribution in [0.5, 0.6) is 0 Å². The molecule has 0 saturated heterocycles. The normalized spacial score (nSPS) is 11.0. The number of nitrogens with two attached hydrogens (primary N) is 1. The minimum Gasteiger partial charge on any atom is -0.374 e. The van der Waals surface area contributed by atoms with Crippen molar-refractivity contribution in [2.45, 2.75) is 12.8 Å². The van der Waals surface area contributed by atoms with Crippen LogP contribution >= 0.6 is 11.6 Å². The Morgan fingerprint density at radius 2 is 1.89 bits per heavy atom. The average Bonchev–Trinajstić information content (AvgIpc) is 2.31. The van der Waals surface area contributed by atoms with Crippen molar-refractivity contribution in [3.63, 3.8) is 0 Å². The molecule has 0 atom stereocenters. The van der Waals surface area contributed by atoms with Gasteiger partial charge in [0.15, 0.2) is 0 Å². The van der Waals surface area contributed by atoms with E-state index in [9.17, 15) is 0 Å². The third kappa shape index (κ3) is 4.84. The third-order valence-corrected chi connectivity index (χ3v) is 3.21. The van der Waals surface area contributed by atoms with Crippen LogP contribution in [0.3, 0.4) is 0 Å². The summed E-state index contributed by atoms with van der Waals surface area (Å²) in [5.74, 6) is 0. The van der Waals surface area contributed by atoms with Gasteiger partial charge in [0.2, 0.25) is 0 Å². The van der Waals surface area contributed by atoms with E-state index in [1.807, 2.05) is 12.1 Å². The fourth-order valence-electron chi connectivity index (χ4n) is 2.00. The van der Waals surface area contributed by atoms with Crippen LogP contribution in [0.4, 0.5) is 5.69 Å². The van der Waals surface area contributed by atoms with Crippen molar-refractivity contribution < 1.29 is 0 Å². The molecule has 0 aliphatic rings. The molecular formula is C14H24ClN3. The van der Waals surface area contributed by atoms with Crippen LogP contribution in [0.1, 0.15) is 12.0 Å². The minimum atomic E-state index is 0.667. The van der Waals surface area contributed by atoms with Crippen LogP contribution in [0.2, 0.25) is 5.02 Å². The predicted octanol–water partition coefficient (Wildman–Crippen LogP) is 2.23. The summed E-state index contributed by atoms with van der Waals surface area (Å²) in [6.07, 6.45) is 2.03. The number of hydrogen-bond donors (Lipinski definition) is 1. The molecule has 4 heteroatoms.